The SMILES string of the molecule is C[C@@H](N=NCC=Cc1cccc(C(F)(F)F)c1)c1cccc2ccccc12. The normalized spacial score (nSPS) is 13.6. The van der Waals surface area contributed by atoms with Gasteiger partial charge in [-0.2, -0.15) is 23.4 Å². The molecule has 0 spiro atoms. The molecule has 0 aliphatic heterocycles. The standard InChI is InChI=1S/C22H19F3N2/c1-16(20-13-5-10-18-9-2-3-12-21(18)20)27-26-14-6-8-17-7-4-11-19(15-17)22(23,24)25/h2-13,15-16H,14H2,1H3/t16-/m1/s1. The molecule has 0 heterocycles. The van der Waals surface area contributed by atoms with E-state index in [1.54, 1.807) is 18.2 Å². The Morgan fingerprint density at radius 2 is 1.70 bits per heavy atom. The second-order valence-corrected chi connectivity index (χ2v) is 6.21. The molecule has 3 aromatic carbocycles. The van der Waals surface area contributed by atoms with Gasteiger partial charge in [0, 0.05) is 0 Å². The molecule has 0 aliphatic carbocycles. The third kappa shape index (κ3) is 4.82. The van der Waals surface area contributed by atoms with Crippen molar-refractivity contribution >= 4 is 16.8 Å². The average Bonchev–Trinajstić information content (AvgIpc) is 2.66. The Morgan fingerprint density at radius 3 is 2.52 bits per heavy atom. The Labute approximate surface area is 156 Å². The van der Waals surface area contributed by atoms with Crippen molar-refractivity contribution in [1.82, 2.24) is 0 Å². The van der Waals surface area contributed by atoms with Crippen LogP contribution in [0, 0.1) is 0 Å². The van der Waals surface area contributed by atoms with Crippen LogP contribution in [0.2, 0.25) is 0 Å². The van der Waals surface area contributed by atoms with Crippen LogP contribution in [0.25, 0.3) is 16.8 Å². The minimum absolute atomic E-state index is 0.0990. The smallest absolute Gasteiger partial charge is 0.189 e. The van der Waals surface area contributed by atoms with E-state index in [1.165, 1.54) is 6.07 Å². The molecule has 138 valence electrons. The van der Waals surface area contributed by atoms with Gasteiger partial charge in [0.1, 0.15) is 0 Å². The molecule has 0 N–H and O–H groups in total. The Morgan fingerprint density at radius 1 is 0.963 bits per heavy atom. The van der Waals surface area contributed by atoms with Gasteiger partial charge in [-0.1, -0.05) is 66.7 Å². The summed E-state index contributed by atoms with van der Waals surface area (Å²) >= 11 is 0. The zero-order valence-electron chi connectivity index (χ0n) is 14.8. The highest BCUT2D eigenvalue weighted by atomic mass is 19.4. The molecule has 2 nitrogen and oxygen atoms in total. The van der Waals surface area contributed by atoms with Gasteiger partial charge < -0.3 is 0 Å². The van der Waals surface area contributed by atoms with Crippen molar-refractivity contribution in [3.05, 3.63) is 89.5 Å². The fourth-order valence-electron chi connectivity index (χ4n) is 2.90. The van der Waals surface area contributed by atoms with Gasteiger partial charge in [-0.05, 0) is 41.0 Å². The fourth-order valence-corrected chi connectivity index (χ4v) is 2.90. The van der Waals surface area contributed by atoms with Crippen LogP contribution in [0.4, 0.5) is 13.2 Å². The van der Waals surface area contributed by atoms with E-state index in [9.17, 15) is 13.2 Å². The average molecular weight is 368 g/mol. The molecule has 5 heteroatoms. The van der Waals surface area contributed by atoms with Crippen molar-refractivity contribution in [2.45, 2.75) is 19.1 Å². The van der Waals surface area contributed by atoms with E-state index in [1.807, 2.05) is 31.2 Å². The minimum Gasteiger partial charge on any atom is -0.189 e. The lowest BCUT2D eigenvalue weighted by Crippen LogP contribution is -2.04. The maximum atomic E-state index is 12.7. The van der Waals surface area contributed by atoms with E-state index in [-0.39, 0.29) is 6.04 Å². The molecule has 0 saturated heterocycles. The molecule has 0 radical (unpaired) electrons. The number of rotatable bonds is 5. The molecule has 3 rings (SSSR count). The van der Waals surface area contributed by atoms with Crippen LogP contribution < -0.4 is 0 Å². The van der Waals surface area contributed by atoms with E-state index in [2.05, 4.69) is 28.4 Å². The quantitative estimate of drug-likeness (QED) is 0.430. The molecular weight excluding hydrogens is 349 g/mol. The summed E-state index contributed by atoms with van der Waals surface area (Å²) in [5.41, 5.74) is 0.927. The summed E-state index contributed by atoms with van der Waals surface area (Å²) in [7, 11) is 0. The topological polar surface area (TPSA) is 24.7 Å². The molecule has 0 aliphatic rings. The molecule has 1 atom stereocenters. The molecule has 0 amide bonds. The summed E-state index contributed by atoms with van der Waals surface area (Å²) in [4.78, 5) is 0. The number of hydrogen-bond donors (Lipinski definition) is 0. The maximum absolute atomic E-state index is 12.7. The van der Waals surface area contributed by atoms with Crippen molar-refractivity contribution in [3.63, 3.8) is 0 Å². The Balaban J connectivity index is 1.65. The monoisotopic (exact) mass is 368 g/mol. The Kier molecular flexibility index (Phi) is 5.69. The van der Waals surface area contributed by atoms with Crippen LogP contribution in [0.15, 0.2) is 83.0 Å². The zero-order chi connectivity index (χ0) is 19.3. The molecule has 0 fully saturated rings. The summed E-state index contributed by atoms with van der Waals surface area (Å²) in [6, 6.07) is 19.3. The molecule has 0 unspecified atom stereocenters. The van der Waals surface area contributed by atoms with Gasteiger partial charge in [0.2, 0.25) is 0 Å². The predicted molar refractivity (Wildman–Crippen MR) is 103 cm³/mol. The molecule has 0 aromatic heterocycles. The first-order valence-electron chi connectivity index (χ1n) is 8.63. The van der Waals surface area contributed by atoms with Crippen LogP contribution in [0.1, 0.15) is 29.7 Å². The minimum atomic E-state index is -4.34. The second kappa shape index (κ2) is 8.16. The van der Waals surface area contributed by atoms with E-state index in [0.717, 1.165) is 28.5 Å². The van der Waals surface area contributed by atoms with Gasteiger partial charge >= 0.3 is 6.18 Å². The van der Waals surface area contributed by atoms with E-state index < -0.39 is 11.7 Å². The summed E-state index contributed by atoms with van der Waals surface area (Å²) in [6.45, 7) is 2.28. The van der Waals surface area contributed by atoms with Crippen molar-refractivity contribution in [2.24, 2.45) is 10.2 Å². The highest BCUT2D eigenvalue weighted by molar-refractivity contribution is 5.86. The van der Waals surface area contributed by atoms with Crippen LogP contribution in [-0.2, 0) is 6.18 Å². The number of nitrogens with zero attached hydrogens (tertiary/aromatic N) is 2. The third-order valence-electron chi connectivity index (χ3n) is 4.24. The first-order valence-corrected chi connectivity index (χ1v) is 8.63. The van der Waals surface area contributed by atoms with Crippen molar-refractivity contribution < 1.29 is 13.2 Å². The van der Waals surface area contributed by atoms with Gasteiger partial charge in [0.25, 0.3) is 0 Å². The number of halogens is 3. The first kappa shape index (κ1) is 18.8. The summed E-state index contributed by atoms with van der Waals surface area (Å²) < 4.78 is 38.1. The number of alkyl halides is 3. The molecule has 0 saturated carbocycles. The van der Waals surface area contributed by atoms with Crippen LogP contribution in [0.3, 0.4) is 0 Å². The lowest BCUT2D eigenvalue weighted by Gasteiger charge is -2.09. The van der Waals surface area contributed by atoms with Gasteiger partial charge in [0.05, 0.1) is 18.2 Å². The summed E-state index contributed by atoms with van der Waals surface area (Å²) in [5, 5.41) is 10.8. The van der Waals surface area contributed by atoms with Gasteiger partial charge in [-0.15, -0.1) is 0 Å². The largest absolute Gasteiger partial charge is 0.416 e. The molecule has 3 aromatic rings. The maximum Gasteiger partial charge on any atom is 0.416 e. The molecule has 27 heavy (non-hydrogen) atoms. The second-order valence-electron chi connectivity index (χ2n) is 6.21. The van der Waals surface area contributed by atoms with Crippen LogP contribution >= 0.6 is 0 Å². The van der Waals surface area contributed by atoms with Crippen molar-refractivity contribution in [2.75, 3.05) is 6.54 Å². The Bertz CT molecular complexity index is 969. The van der Waals surface area contributed by atoms with E-state index in [4.69, 9.17) is 0 Å². The number of azo groups is 1. The Hall–Kier alpha value is -2.95. The van der Waals surface area contributed by atoms with E-state index in [0.29, 0.717) is 12.1 Å². The predicted octanol–water partition coefficient (Wildman–Crippen LogP) is 7.09. The van der Waals surface area contributed by atoms with Gasteiger partial charge in [-0.3, -0.25) is 0 Å². The highest BCUT2D eigenvalue weighted by Crippen LogP contribution is 2.30. The van der Waals surface area contributed by atoms with Crippen molar-refractivity contribution in [3.8, 4) is 0 Å². The van der Waals surface area contributed by atoms with Crippen LogP contribution in [-0.4, -0.2) is 6.54 Å². The van der Waals surface area contributed by atoms with Crippen molar-refractivity contribution in [1.29, 1.82) is 0 Å². The molecular formula is C22H19F3N2. The summed E-state index contributed by atoms with van der Waals surface area (Å²) in [6.07, 6.45) is -1.01. The van der Waals surface area contributed by atoms with E-state index >= 15 is 0 Å². The first-order chi connectivity index (χ1) is 12.9. The lowest BCUT2D eigenvalue weighted by molar-refractivity contribution is -0.137. The number of hydrogen-bond acceptors (Lipinski definition) is 2. The third-order valence-corrected chi connectivity index (χ3v) is 4.24. The fraction of sp³-hybridized carbons (Fsp3) is 0.182. The number of benzene rings is 3. The van der Waals surface area contributed by atoms with Gasteiger partial charge in [0.15, 0.2) is 0 Å². The lowest BCUT2D eigenvalue weighted by atomic mass is 10.0. The molecule has 0 bridgehead atoms. The highest BCUT2D eigenvalue weighted by Gasteiger charge is 2.30. The summed E-state index contributed by atoms with van der Waals surface area (Å²) in [5.74, 6) is 0. The van der Waals surface area contributed by atoms with Gasteiger partial charge in [-0.25, -0.2) is 0 Å². The number of fused-ring (bicyclic) bond motifs is 1. The van der Waals surface area contributed by atoms with Crippen LogP contribution in [0.5, 0.6) is 0 Å². The zero-order valence-corrected chi connectivity index (χ0v) is 14.8.